The minimum atomic E-state index is -0.235. The van der Waals surface area contributed by atoms with Gasteiger partial charge in [0.2, 0.25) is 0 Å². The van der Waals surface area contributed by atoms with Crippen molar-refractivity contribution in [2.24, 2.45) is 0 Å². The molecule has 2 aromatic carbocycles. The first-order valence-corrected chi connectivity index (χ1v) is 9.72. The van der Waals surface area contributed by atoms with E-state index in [1.807, 2.05) is 12.1 Å². The summed E-state index contributed by atoms with van der Waals surface area (Å²) in [4.78, 5) is 30.9. The highest BCUT2D eigenvalue weighted by Crippen LogP contribution is 2.34. The van der Waals surface area contributed by atoms with Gasteiger partial charge in [0.25, 0.3) is 5.91 Å². The third-order valence-electron chi connectivity index (χ3n) is 4.27. The second-order valence-electron chi connectivity index (χ2n) is 6.19. The number of anilines is 1. The van der Waals surface area contributed by atoms with E-state index in [9.17, 15) is 9.59 Å². The highest BCUT2D eigenvalue weighted by atomic mass is 35.5. The Morgan fingerprint density at radius 1 is 1.07 bits per heavy atom. The first-order valence-electron chi connectivity index (χ1n) is 8.53. The number of para-hydroxylation sites is 1. The summed E-state index contributed by atoms with van der Waals surface area (Å²) in [6, 6.07) is 15.7. The number of hydrogen-bond donors (Lipinski definition) is 0. The number of Topliss-reactive ketones (excluding diaryl/α,β-unsaturated/α-hetero) is 1. The van der Waals surface area contributed by atoms with Crippen LogP contribution in [-0.4, -0.2) is 16.7 Å². The van der Waals surface area contributed by atoms with Gasteiger partial charge in [0.15, 0.2) is 10.9 Å². The van der Waals surface area contributed by atoms with E-state index in [1.54, 1.807) is 53.6 Å². The molecule has 0 aliphatic carbocycles. The maximum atomic E-state index is 13.2. The number of benzene rings is 2. The van der Waals surface area contributed by atoms with Gasteiger partial charge in [-0.05, 0) is 43.3 Å². The lowest BCUT2D eigenvalue weighted by atomic mass is 10.1. The average Bonchev–Trinajstić information content (AvgIpc) is 3.36. The van der Waals surface area contributed by atoms with E-state index < -0.39 is 0 Å². The van der Waals surface area contributed by atoms with Gasteiger partial charge in [0.05, 0.1) is 22.5 Å². The van der Waals surface area contributed by atoms with Gasteiger partial charge in [-0.2, -0.15) is 0 Å². The molecule has 0 radical (unpaired) electrons. The number of furan rings is 1. The van der Waals surface area contributed by atoms with Crippen LogP contribution in [0.1, 0.15) is 33.4 Å². The Bertz CT molecular complexity index is 1150. The molecule has 7 heteroatoms. The zero-order valence-corrected chi connectivity index (χ0v) is 16.5. The minimum absolute atomic E-state index is 0.0488. The monoisotopic (exact) mass is 410 g/mol. The van der Waals surface area contributed by atoms with Crippen molar-refractivity contribution >= 4 is 50.0 Å². The van der Waals surface area contributed by atoms with Crippen LogP contribution in [0.4, 0.5) is 5.13 Å². The summed E-state index contributed by atoms with van der Waals surface area (Å²) in [6.07, 6.45) is 1.56. The molecule has 5 nitrogen and oxygen atoms in total. The van der Waals surface area contributed by atoms with Gasteiger partial charge in [-0.15, -0.1) is 0 Å². The topological polar surface area (TPSA) is 63.4 Å². The summed E-state index contributed by atoms with van der Waals surface area (Å²) in [5.74, 6) is 0.355. The molecule has 0 spiro atoms. The molecular formula is C21H15ClN2O3S. The normalized spacial score (nSPS) is 10.9. The maximum Gasteiger partial charge on any atom is 0.260 e. The molecule has 2 aromatic heterocycles. The van der Waals surface area contributed by atoms with Gasteiger partial charge in [-0.1, -0.05) is 41.1 Å². The number of rotatable bonds is 5. The standard InChI is InChI=1S/C21H15ClN2O3S/c1-13(25)14-7-9-15(10-8-14)20(26)24(12-16-4-3-11-27-16)21-23-19-17(22)5-2-6-18(19)28-21/h2-11H,12H2,1H3. The first kappa shape index (κ1) is 18.4. The number of thiazole rings is 1. The van der Waals surface area contributed by atoms with Crippen LogP contribution in [-0.2, 0) is 6.54 Å². The Hall–Kier alpha value is -2.96. The number of amides is 1. The van der Waals surface area contributed by atoms with Gasteiger partial charge in [0, 0.05) is 11.1 Å². The Kier molecular flexibility index (Phi) is 4.98. The third-order valence-corrected chi connectivity index (χ3v) is 5.62. The quantitative estimate of drug-likeness (QED) is 0.402. The molecule has 1 amide bonds. The number of ketones is 1. The zero-order chi connectivity index (χ0) is 19.7. The minimum Gasteiger partial charge on any atom is -0.467 e. The average molecular weight is 411 g/mol. The van der Waals surface area contributed by atoms with Gasteiger partial charge in [0.1, 0.15) is 11.3 Å². The SMILES string of the molecule is CC(=O)c1ccc(C(=O)N(Cc2ccco2)c2nc3c(Cl)cccc3s2)cc1. The molecule has 0 aliphatic rings. The number of fused-ring (bicyclic) bond motifs is 1. The third kappa shape index (κ3) is 3.56. The van der Waals surface area contributed by atoms with Gasteiger partial charge in [-0.25, -0.2) is 4.98 Å². The van der Waals surface area contributed by atoms with Crippen molar-refractivity contribution in [3.05, 3.63) is 82.8 Å². The number of hydrogen-bond acceptors (Lipinski definition) is 5. The van der Waals surface area contributed by atoms with Crippen molar-refractivity contribution in [1.29, 1.82) is 0 Å². The molecule has 2 heterocycles. The molecule has 0 bridgehead atoms. The van der Waals surface area contributed by atoms with Crippen molar-refractivity contribution in [1.82, 2.24) is 4.98 Å². The maximum absolute atomic E-state index is 13.2. The largest absolute Gasteiger partial charge is 0.467 e. The van der Waals surface area contributed by atoms with Crippen LogP contribution in [0, 0.1) is 0 Å². The lowest BCUT2D eigenvalue weighted by molar-refractivity contribution is 0.0979. The Morgan fingerprint density at radius 2 is 1.82 bits per heavy atom. The van der Waals surface area contributed by atoms with Crippen LogP contribution in [0.15, 0.2) is 65.3 Å². The van der Waals surface area contributed by atoms with Crippen molar-refractivity contribution in [2.45, 2.75) is 13.5 Å². The number of nitrogens with zero attached hydrogens (tertiary/aromatic N) is 2. The molecule has 0 saturated heterocycles. The molecule has 0 fully saturated rings. The molecule has 140 valence electrons. The first-order chi connectivity index (χ1) is 13.5. The second kappa shape index (κ2) is 7.58. The fourth-order valence-electron chi connectivity index (χ4n) is 2.81. The summed E-state index contributed by atoms with van der Waals surface area (Å²) in [7, 11) is 0. The van der Waals surface area contributed by atoms with E-state index in [0.29, 0.717) is 32.6 Å². The second-order valence-corrected chi connectivity index (χ2v) is 7.60. The van der Waals surface area contributed by atoms with Crippen molar-refractivity contribution in [3.8, 4) is 0 Å². The molecular weight excluding hydrogens is 396 g/mol. The summed E-state index contributed by atoms with van der Waals surface area (Å²) < 4.78 is 6.33. The van der Waals surface area contributed by atoms with E-state index in [2.05, 4.69) is 4.98 Å². The predicted octanol–water partition coefficient (Wildman–Crippen LogP) is 5.59. The van der Waals surface area contributed by atoms with Crippen molar-refractivity contribution in [3.63, 3.8) is 0 Å². The van der Waals surface area contributed by atoms with E-state index in [0.717, 1.165) is 4.70 Å². The van der Waals surface area contributed by atoms with E-state index >= 15 is 0 Å². The molecule has 4 rings (SSSR count). The molecule has 0 atom stereocenters. The molecule has 0 aliphatic heterocycles. The smallest absolute Gasteiger partial charge is 0.260 e. The van der Waals surface area contributed by atoms with Crippen LogP contribution >= 0.6 is 22.9 Å². The van der Waals surface area contributed by atoms with Gasteiger partial charge < -0.3 is 4.42 Å². The fraction of sp³-hybridized carbons (Fsp3) is 0.0952. The van der Waals surface area contributed by atoms with Crippen LogP contribution in [0.5, 0.6) is 0 Å². The zero-order valence-electron chi connectivity index (χ0n) is 14.9. The van der Waals surface area contributed by atoms with Crippen LogP contribution in [0.2, 0.25) is 5.02 Å². The van der Waals surface area contributed by atoms with E-state index in [-0.39, 0.29) is 18.2 Å². The predicted molar refractivity (Wildman–Crippen MR) is 110 cm³/mol. The van der Waals surface area contributed by atoms with Crippen LogP contribution in [0.25, 0.3) is 10.2 Å². The van der Waals surface area contributed by atoms with Crippen molar-refractivity contribution in [2.75, 3.05) is 4.90 Å². The molecule has 0 unspecified atom stereocenters. The summed E-state index contributed by atoms with van der Waals surface area (Å²) in [5.41, 5.74) is 1.68. The van der Waals surface area contributed by atoms with Crippen LogP contribution < -0.4 is 4.90 Å². The Balaban J connectivity index is 1.74. The number of carbonyl (C=O) groups excluding carboxylic acids is 2. The molecule has 28 heavy (non-hydrogen) atoms. The summed E-state index contributed by atoms with van der Waals surface area (Å²) >= 11 is 7.64. The van der Waals surface area contributed by atoms with E-state index in [1.165, 1.54) is 18.3 Å². The van der Waals surface area contributed by atoms with Crippen molar-refractivity contribution < 1.29 is 14.0 Å². The number of halogens is 1. The van der Waals surface area contributed by atoms with Gasteiger partial charge in [-0.3, -0.25) is 14.5 Å². The highest BCUT2D eigenvalue weighted by molar-refractivity contribution is 7.22. The van der Waals surface area contributed by atoms with E-state index in [4.69, 9.17) is 16.0 Å². The molecule has 0 N–H and O–H groups in total. The lowest BCUT2D eigenvalue weighted by Crippen LogP contribution is -2.30. The molecule has 0 saturated carbocycles. The summed E-state index contributed by atoms with van der Waals surface area (Å²) in [5, 5.41) is 1.07. The highest BCUT2D eigenvalue weighted by Gasteiger charge is 2.23. The van der Waals surface area contributed by atoms with Gasteiger partial charge >= 0.3 is 0 Å². The fourth-order valence-corrected chi connectivity index (χ4v) is 4.07. The summed E-state index contributed by atoms with van der Waals surface area (Å²) in [6.45, 7) is 1.72. The Morgan fingerprint density at radius 3 is 2.46 bits per heavy atom. The number of carbonyl (C=O) groups is 2. The lowest BCUT2D eigenvalue weighted by Gasteiger charge is -2.19. The Labute approximate surface area is 170 Å². The van der Waals surface area contributed by atoms with Crippen LogP contribution in [0.3, 0.4) is 0 Å². The number of aromatic nitrogens is 1. The molecule has 4 aromatic rings.